The summed E-state index contributed by atoms with van der Waals surface area (Å²) in [5.74, 6) is 0.429. The molecule has 6 nitrogen and oxygen atoms in total. The van der Waals surface area contributed by atoms with Gasteiger partial charge in [-0.15, -0.1) is 0 Å². The first-order chi connectivity index (χ1) is 13.0. The van der Waals surface area contributed by atoms with Crippen molar-refractivity contribution >= 4 is 21.5 Å². The van der Waals surface area contributed by atoms with Gasteiger partial charge >= 0.3 is 0 Å². The SMILES string of the molecule is Cc1ccc(S(=O)(=O)N2CCC[C@H]2C(=O)C2CNc3ccccc3O2)cc1. The molecule has 142 valence electrons. The quantitative estimate of drug-likeness (QED) is 0.874. The van der Waals surface area contributed by atoms with Crippen LogP contribution in [0.3, 0.4) is 0 Å². The van der Waals surface area contributed by atoms with Gasteiger partial charge in [-0.3, -0.25) is 4.79 Å². The number of ketones is 1. The molecule has 2 aromatic rings. The molecule has 27 heavy (non-hydrogen) atoms. The third kappa shape index (κ3) is 3.33. The Hall–Kier alpha value is -2.38. The summed E-state index contributed by atoms with van der Waals surface area (Å²) < 4.78 is 33.3. The minimum atomic E-state index is -3.71. The summed E-state index contributed by atoms with van der Waals surface area (Å²) in [6.07, 6.45) is 0.489. The molecule has 0 aromatic heterocycles. The van der Waals surface area contributed by atoms with Crippen molar-refractivity contribution < 1.29 is 17.9 Å². The fourth-order valence-electron chi connectivity index (χ4n) is 3.64. The highest BCUT2D eigenvalue weighted by Crippen LogP contribution is 2.32. The molecule has 0 saturated carbocycles. The number of para-hydroxylation sites is 2. The van der Waals surface area contributed by atoms with E-state index in [2.05, 4.69) is 5.32 Å². The number of hydrogen-bond acceptors (Lipinski definition) is 5. The number of nitrogens with one attached hydrogen (secondary N) is 1. The lowest BCUT2D eigenvalue weighted by molar-refractivity contribution is -0.128. The Morgan fingerprint density at radius 2 is 1.89 bits per heavy atom. The summed E-state index contributed by atoms with van der Waals surface area (Å²) in [4.78, 5) is 13.3. The van der Waals surface area contributed by atoms with Crippen LogP contribution in [0.25, 0.3) is 0 Å². The fraction of sp³-hybridized carbons (Fsp3) is 0.350. The van der Waals surface area contributed by atoms with Crippen LogP contribution in [-0.2, 0) is 14.8 Å². The molecule has 2 aliphatic heterocycles. The van der Waals surface area contributed by atoms with Crippen molar-refractivity contribution in [3.8, 4) is 5.75 Å². The van der Waals surface area contributed by atoms with Crippen LogP contribution in [0.15, 0.2) is 53.4 Å². The molecule has 4 rings (SSSR count). The number of carbonyl (C=O) groups excluding carboxylic acids is 1. The lowest BCUT2D eigenvalue weighted by Crippen LogP contribution is -2.49. The number of ether oxygens (including phenoxy) is 1. The molecular weight excluding hydrogens is 364 g/mol. The lowest BCUT2D eigenvalue weighted by atomic mass is 10.0. The van der Waals surface area contributed by atoms with E-state index in [1.54, 1.807) is 30.3 Å². The molecule has 1 N–H and O–H groups in total. The number of carbonyl (C=O) groups is 1. The molecule has 1 fully saturated rings. The highest BCUT2D eigenvalue weighted by molar-refractivity contribution is 7.89. The molecule has 1 saturated heterocycles. The van der Waals surface area contributed by atoms with Crippen molar-refractivity contribution in [3.63, 3.8) is 0 Å². The Morgan fingerprint density at radius 3 is 2.67 bits per heavy atom. The van der Waals surface area contributed by atoms with E-state index in [1.165, 1.54) is 4.31 Å². The molecule has 2 atom stereocenters. The Kier molecular flexibility index (Phi) is 4.65. The van der Waals surface area contributed by atoms with E-state index in [4.69, 9.17) is 4.74 Å². The summed E-state index contributed by atoms with van der Waals surface area (Å²) >= 11 is 0. The normalized spacial score (nSPS) is 22.6. The van der Waals surface area contributed by atoms with E-state index in [-0.39, 0.29) is 10.7 Å². The predicted octanol–water partition coefficient (Wildman–Crippen LogP) is 2.59. The zero-order valence-corrected chi connectivity index (χ0v) is 15.9. The number of fused-ring (bicyclic) bond motifs is 1. The van der Waals surface area contributed by atoms with Gasteiger partial charge in [0.1, 0.15) is 5.75 Å². The summed E-state index contributed by atoms with van der Waals surface area (Å²) in [6.45, 7) is 2.60. The van der Waals surface area contributed by atoms with Crippen molar-refractivity contribution in [2.75, 3.05) is 18.4 Å². The van der Waals surface area contributed by atoms with Gasteiger partial charge in [0.15, 0.2) is 11.9 Å². The first-order valence-electron chi connectivity index (χ1n) is 9.08. The first kappa shape index (κ1) is 18.0. The lowest BCUT2D eigenvalue weighted by Gasteiger charge is -2.30. The molecule has 0 bridgehead atoms. The Morgan fingerprint density at radius 1 is 1.15 bits per heavy atom. The van der Waals surface area contributed by atoms with Gasteiger partial charge in [0.25, 0.3) is 0 Å². The third-order valence-electron chi connectivity index (χ3n) is 5.11. The second-order valence-electron chi connectivity index (χ2n) is 6.97. The van der Waals surface area contributed by atoms with Crippen LogP contribution in [-0.4, -0.2) is 43.7 Å². The summed E-state index contributed by atoms with van der Waals surface area (Å²) in [7, 11) is -3.71. The number of benzene rings is 2. The zero-order chi connectivity index (χ0) is 19.0. The van der Waals surface area contributed by atoms with Crippen LogP contribution in [0.2, 0.25) is 0 Å². The number of rotatable bonds is 4. The van der Waals surface area contributed by atoms with Gasteiger partial charge in [0, 0.05) is 6.54 Å². The zero-order valence-electron chi connectivity index (χ0n) is 15.1. The van der Waals surface area contributed by atoms with E-state index in [0.29, 0.717) is 31.7 Å². The van der Waals surface area contributed by atoms with E-state index < -0.39 is 22.2 Å². The Bertz CT molecular complexity index is 956. The van der Waals surface area contributed by atoms with Gasteiger partial charge in [0.05, 0.1) is 23.2 Å². The van der Waals surface area contributed by atoms with Gasteiger partial charge < -0.3 is 10.1 Å². The number of sulfonamides is 1. The van der Waals surface area contributed by atoms with Gasteiger partial charge in [0.2, 0.25) is 10.0 Å². The van der Waals surface area contributed by atoms with Gasteiger partial charge in [-0.25, -0.2) is 8.42 Å². The van der Waals surface area contributed by atoms with Crippen LogP contribution < -0.4 is 10.1 Å². The molecule has 2 aromatic carbocycles. The van der Waals surface area contributed by atoms with Gasteiger partial charge in [-0.1, -0.05) is 29.8 Å². The minimum Gasteiger partial charge on any atom is -0.479 e. The Labute approximate surface area is 159 Å². The smallest absolute Gasteiger partial charge is 0.243 e. The molecule has 0 amide bonds. The van der Waals surface area contributed by atoms with Crippen LogP contribution >= 0.6 is 0 Å². The number of Topliss-reactive ketones (excluding diaryl/α,β-unsaturated/α-hetero) is 1. The molecule has 1 unspecified atom stereocenters. The summed E-state index contributed by atoms with van der Waals surface area (Å²) in [6, 6.07) is 13.5. The first-order valence-corrected chi connectivity index (χ1v) is 10.5. The highest BCUT2D eigenvalue weighted by Gasteiger charge is 2.43. The maximum absolute atomic E-state index is 13.1. The van der Waals surface area contributed by atoms with Crippen LogP contribution in [0.1, 0.15) is 18.4 Å². The van der Waals surface area contributed by atoms with E-state index in [1.807, 2.05) is 25.1 Å². The van der Waals surface area contributed by atoms with Crippen molar-refractivity contribution in [2.24, 2.45) is 0 Å². The van der Waals surface area contributed by atoms with Gasteiger partial charge in [-0.05, 0) is 44.0 Å². The number of nitrogens with zero attached hydrogens (tertiary/aromatic N) is 1. The number of aryl methyl sites for hydroxylation is 1. The fourth-order valence-corrected chi connectivity index (χ4v) is 5.31. The Balaban J connectivity index is 1.56. The second-order valence-corrected chi connectivity index (χ2v) is 8.86. The average molecular weight is 386 g/mol. The van der Waals surface area contributed by atoms with Crippen LogP contribution in [0.5, 0.6) is 5.75 Å². The van der Waals surface area contributed by atoms with Gasteiger partial charge in [-0.2, -0.15) is 4.31 Å². The monoisotopic (exact) mass is 386 g/mol. The summed E-state index contributed by atoms with van der Waals surface area (Å²) in [5, 5.41) is 3.19. The van der Waals surface area contributed by atoms with E-state index in [0.717, 1.165) is 11.3 Å². The number of hydrogen-bond donors (Lipinski definition) is 1. The second kappa shape index (κ2) is 6.98. The molecule has 0 aliphatic carbocycles. The average Bonchev–Trinajstić information content (AvgIpc) is 3.18. The van der Waals surface area contributed by atoms with E-state index >= 15 is 0 Å². The standard InChI is InChI=1S/C20H22N2O4S/c1-14-8-10-15(11-9-14)27(24,25)22-12-4-6-17(22)20(23)19-13-21-16-5-2-3-7-18(16)26-19/h2-3,5,7-11,17,19,21H,4,6,12-13H2,1H3/t17-,19?/m0/s1. The molecule has 2 aliphatic rings. The molecule has 7 heteroatoms. The third-order valence-corrected chi connectivity index (χ3v) is 7.03. The van der Waals surface area contributed by atoms with Crippen molar-refractivity contribution in [1.82, 2.24) is 4.31 Å². The maximum Gasteiger partial charge on any atom is 0.243 e. The highest BCUT2D eigenvalue weighted by atomic mass is 32.2. The summed E-state index contributed by atoms with van der Waals surface area (Å²) in [5.41, 5.74) is 1.83. The topological polar surface area (TPSA) is 75.7 Å². The van der Waals surface area contributed by atoms with Crippen LogP contribution in [0.4, 0.5) is 5.69 Å². The van der Waals surface area contributed by atoms with Crippen molar-refractivity contribution in [3.05, 3.63) is 54.1 Å². The molecular formula is C20H22N2O4S. The minimum absolute atomic E-state index is 0.190. The molecule has 2 heterocycles. The van der Waals surface area contributed by atoms with E-state index in [9.17, 15) is 13.2 Å². The van der Waals surface area contributed by atoms with Crippen molar-refractivity contribution in [1.29, 1.82) is 0 Å². The van der Waals surface area contributed by atoms with Crippen LogP contribution in [0, 0.1) is 6.92 Å². The molecule has 0 spiro atoms. The largest absolute Gasteiger partial charge is 0.479 e. The van der Waals surface area contributed by atoms with Crippen molar-refractivity contribution in [2.45, 2.75) is 36.8 Å². The predicted molar refractivity (Wildman–Crippen MR) is 102 cm³/mol. The number of anilines is 1. The maximum atomic E-state index is 13.1. The molecule has 0 radical (unpaired) electrons.